The first kappa shape index (κ1) is 23.2. The van der Waals surface area contributed by atoms with Gasteiger partial charge in [0, 0.05) is 18.5 Å². The molecule has 168 valence electrons. The van der Waals surface area contributed by atoms with Crippen LogP contribution in [-0.2, 0) is 19.1 Å². The van der Waals surface area contributed by atoms with Gasteiger partial charge in [-0.05, 0) is 35.1 Å². The minimum Gasteiger partial charge on any atom is -0.451 e. The van der Waals surface area contributed by atoms with E-state index in [1.807, 2.05) is 24.3 Å². The molecule has 0 spiro atoms. The van der Waals surface area contributed by atoms with Crippen LogP contribution < -0.4 is 10.3 Å². The maximum absolute atomic E-state index is 12.6. The van der Waals surface area contributed by atoms with Crippen molar-refractivity contribution in [2.24, 2.45) is 5.10 Å². The highest BCUT2D eigenvalue weighted by atomic mass is 16.5. The van der Waals surface area contributed by atoms with E-state index in [9.17, 15) is 14.4 Å². The molecule has 2 aromatic rings. The van der Waals surface area contributed by atoms with Gasteiger partial charge in [-0.2, -0.15) is 5.10 Å². The topological polar surface area (TPSA) is 88.1 Å². The van der Waals surface area contributed by atoms with Gasteiger partial charge in [0.2, 0.25) is 5.91 Å². The van der Waals surface area contributed by atoms with Crippen molar-refractivity contribution < 1.29 is 19.1 Å². The van der Waals surface area contributed by atoms with Crippen molar-refractivity contribution in [2.45, 2.75) is 52.4 Å². The van der Waals surface area contributed by atoms with Crippen molar-refractivity contribution in [1.82, 2.24) is 0 Å². The smallest absolute Gasteiger partial charge is 0.355 e. The fourth-order valence-electron chi connectivity index (χ4n) is 3.56. The van der Waals surface area contributed by atoms with Crippen LogP contribution >= 0.6 is 0 Å². The average Bonchev–Trinajstić information content (AvgIpc) is 2.78. The van der Waals surface area contributed by atoms with Gasteiger partial charge >= 0.3 is 5.97 Å². The largest absolute Gasteiger partial charge is 0.451 e. The van der Waals surface area contributed by atoms with Crippen LogP contribution in [0.5, 0.6) is 0 Å². The summed E-state index contributed by atoms with van der Waals surface area (Å²) < 4.78 is 5.22. The van der Waals surface area contributed by atoms with Crippen LogP contribution in [0.25, 0.3) is 0 Å². The number of hydrogen-bond donors (Lipinski definition) is 1. The first-order chi connectivity index (χ1) is 15.3. The molecule has 0 atom stereocenters. The summed E-state index contributed by atoms with van der Waals surface area (Å²) in [6.45, 7) is 7.83. The fraction of sp³-hybridized carbons (Fsp3) is 0.360. The summed E-state index contributed by atoms with van der Waals surface area (Å²) in [5.41, 5.74) is 3.53. The van der Waals surface area contributed by atoms with Gasteiger partial charge in [-0.25, -0.2) is 9.80 Å². The molecule has 2 aromatic carbocycles. The Hall–Kier alpha value is -3.48. The number of carbonyl (C=O) groups excluding carboxylic acids is 3. The summed E-state index contributed by atoms with van der Waals surface area (Å²) in [5, 5.41) is 8.29. The summed E-state index contributed by atoms with van der Waals surface area (Å²) in [5.74, 6) is -0.859. The van der Waals surface area contributed by atoms with E-state index in [1.165, 1.54) is 5.01 Å². The highest BCUT2D eigenvalue weighted by Gasteiger charge is 2.27. The molecule has 1 N–H and O–H groups in total. The van der Waals surface area contributed by atoms with E-state index in [1.54, 1.807) is 24.3 Å². The van der Waals surface area contributed by atoms with Gasteiger partial charge in [0.1, 0.15) is 5.71 Å². The Bertz CT molecular complexity index is 1000. The molecule has 32 heavy (non-hydrogen) atoms. The molecular weight excluding hydrogens is 406 g/mol. The first-order valence-electron chi connectivity index (χ1n) is 10.8. The number of benzene rings is 2. The maximum Gasteiger partial charge on any atom is 0.355 e. The molecule has 0 aromatic heterocycles. The monoisotopic (exact) mass is 435 g/mol. The SMILES string of the molecule is CC(C)c1cccc(C(C)C)c1NC(=O)COC(=O)C1=NN(c2ccccc2)C(=O)CC1. The fourth-order valence-corrected chi connectivity index (χ4v) is 3.56. The van der Waals surface area contributed by atoms with E-state index in [-0.39, 0.29) is 36.3 Å². The predicted molar refractivity (Wildman–Crippen MR) is 125 cm³/mol. The normalized spacial score (nSPS) is 13.9. The summed E-state index contributed by atoms with van der Waals surface area (Å²) >= 11 is 0. The lowest BCUT2D eigenvalue weighted by Gasteiger charge is -2.23. The Morgan fingerprint density at radius 3 is 2.19 bits per heavy atom. The zero-order chi connectivity index (χ0) is 23.3. The zero-order valence-corrected chi connectivity index (χ0v) is 18.9. The van der Waals surface area contributed by atoms with E-state index in [2.05, 4.69) is 38.1 Å². The third-order valence-corrected chi connectivity index (χ3v) is 5.24. The third-order valence-electron chi connectivity index (χ3n) is 5.24. The molecule has 1 aliphatic heterocycles. The van der Waals surface area contributed by atoms with Crippen LogP contribution in [0.2, 0.25) is 0 Å². The number of hydrazone groups is 1. The highest BCUT2D eigenvalue weighted by Crippen LogP contribution is 2.32. The molecule has 0 aliphatic carbocycles. The summed E-state index contributed by atoms with van der Waals surface area (Å²) in [6, 6.07) is 14.8. The zero-order valence-electron chi connectivity index (χ0n) is 18.9. The third kappa shape index (κ3) is 5.41. The standard InChI is InChI=1S/C25H29N3O4/c1-16(2)19-11-8-12-20(17(3)4)24(19)26-22(29)15-32-25(31)21-13-14-23(30)28(27-21)18-9-6-5-7-10-18/h5-12,16-17H,13-15H2,1-4H3,(H,26,29). The molecule has 0 saturated carbocycles. The first-order valence-corrected chi connectivity index (χ1v) is 10.8. The molecule has 2 amide bonds. The minimum absolute atomic E-state index is 0.117. The van der Waals surface area contributed by atoms with Gasteiger partial charge in [-0.1, -0.05) is 64.1 Å². The molecule has 0 fully saturated rings. The Morgan fingerprint density at radius 1 is 0.969 bits per heavy atom. The van der Waals surface area contributed by atoms with E-state index in [4.69, 9.17) is 4.74 Å². The van der Waals surface area contributed by atoms with Crippen molar-refractivity contribution >= 4 is 34.9 Å². The lowest BCUT2D eigenvalue weighted by Crippen LogP contribution is -2.35. The van der Waals surface area contributed by atoms with Crippen LogP contribution in [0, 0.1) is 0 Å². The van der Waals surface area contributed by atoms with Gasteiger partial charge in [0.25, 0.3) is 5.91 Å². The quantitative estimate of drug-likeness (QED) is 0.644. The summed E-state index contributed by atoms with van der Waals surface area (Å²) in [7, 11) is 0. The molecule has 0 saturated heterocycles. The highest BCUT2D eigenvalue weighted by molar-refractivity contribution is 6.38. The van der Waals surface area contributed by atoms with Gasteiger partial charge in [0.15, 0.2) is 6.61 Å². The molecular formula is C25H29N3O4. The van der Waals surface area contributed by atoms with Crippen molar-refractivity contribution in [3.63, 3.8) is 0 Å². The maximum atomic E-state index is 12.6. The second-order valence-electron chi connectivity index (χ2n) is 8.33. The van der Waals surface area contributed by atoms with Gasteiger partial charge in [0.05, 0.1) is 5.69 Å². The van der Waals surface area contributed by atoms with Gasteiger partial charge in [-0.15, -0.1) is 0 Å². The van der Waals surface area contributed by atoms with Crippen LogP contribution in [0.4, 0.5) is 11.4 Å². The number of hydrogen-bond acceptors (Lipinski definition) is 5. The summed E-state index contributed by atoms with van der Waals surface area (Å²) in [6.07, 6.45) is 0.324. The van der Waals surface area contributed by atoms with E-state index < -0.39 is 18.5 Å². The van der Waals surface area contributed by atoms with E-state index in [0.717, 1.165) is 16.8 Å². The van der Waals surface area contributed by atoms with E-state index >= 15 is 0 Å². The number of esters is 1. The molecule has 0 radical (unpaired) electrons. The predicted octanol–water partition coefficient (Wildman–Crippen LogP) is 4.60. The van der Waals surface area contributed by atoms with Crippen molar-refractivity contribution in [3.05, 3.63) is 59.7 Å². The van der Waals surface area contributed by atoms with Crippen LogP contribution in [0.3, 0.4) is 0 Å². The molecule has 0 unspecified atom stereocenters. The van der Waals surface area contributed by atoms with Gasteiger partial charge in [-0.3, -0.25) is 9.59 Å². The molecule has 7 heteroatoms. The number of ether oxygens (including phenoxy) is 1. The Balaban J connectivity index is 1.68. The number of carbonyl (C=O) groups is 3. The molecule has 1 aliphatic rings. The van der Waals surface area contributed by atoms with Crippen LogP contribution in [-0.4, -0.2) is 30.1 Å². The van der Waals surface area contributed by atoms with Crippen LogP contribution in [0.1, 0.15) is 63.5 Å². The molecule has 1 heterocycles. The minimum atomic E-state index is -0.699. The lowest BCUT2D eigenvalue weighted by molar-refractivity contribution is -0.140. The van der Waals surface area contributed by atoms with Gasteiger partial charge < -0.3 is 10.1 Å². The lowest BCUT2D eigenvalue weighted by atomic mass is 9.92. The number of nitrogens with zero attached hydrogens (tertiary/aromatic N) is 2. The van der Waals surface area contributed by atoms with Crippen molar-refractivity contribution in [1.29, 1.82) is 0 Å². The number of amides is 2. The van der Waals surface area contributed by atoms with Crippen LogP contribution in [0.15, 0.2) is 53.6 Å². The number of rotatable bonds is 7. The Kier molecular flexibility index (Phi) is 7.41. The number of para-hydroxylation sites is 2. The summed E-state index contributed by atoms with van der Waals surface area (Å²) in [4.78, 5) is 37.3. The molecule has 3 rings (SSSR count). The molecule has 7 nitrogen and oxygen atoms in total. The average molecular weight is 436 g/mol. The number of nitrogens with one attached hydrogen (secondary N) is 1. The van der Waals surface area contributed by atoms with Crippen molar-refractivity contribution in [3.8, 4) is 0 Å². The number of anilines is 2. The Labute approximate surface area is 188 Å². The second kappa shape index (κ2) is 10.2. The Morgan fingerprint density at radius 2 is 1.59 bits per heavy atom. The second-order valence-corrected chi connectivity index (χ2v) is 8.33. The van der Waals surface area contributed by atoms with Crippen molar-refractivity contribution in [2.75, 3.05) is 16.9 Å². The molecule has 0 bridgehead atoms. The van der Waals surface area contributed by atoms with E-state index in [0.29, 0.717) is 5.69 Å².